The lowest BCUT2D eigenvalue weighted by molar-refractivity contribution is 0.142. The van der Waals surface area contributed by atoms with Crippen LogP contribution in [0, 0.1) is 22.7 Å². The van der Waals surface area contributed by atoms with Gasteiger partial charge in [-0.05, 0) is 48.1 Å². The fourth-order valence-corrected chi connectivity index (χ4v) is 4.08. The lowest BCUT2D eigenvalue weighted by atomic mass is 9.69. The van der Waals surface area contributed by atoms with Gasteiger partial charge in [-0.2, -0.15) is 4.39 Å². The maximum Gasteiger partial charge on any atom is 0.212 e. The first-order chi connectivity index (χ1) is 8.43. The van der Waals surface area contributed by atoms with Crippen LogP contribution in [-0.2, 0) is 0 Å². The van der Waals surface area contributed by atoms with E-state index in [0.29, 0.717) is 16.9 Å². The highest BCUT2D eigenvalue weighted by Crippen LogP contribution is 2.65. The van der Waals surface area contributed by atoms with Crippen LogP contribution >= 0.6 is 0 Å². The number of nitrogens with one attached hydrogen (secondary N) is 1. The van der Waals surface area contributed by atoms with Crippen molar-refractivity contribution in [2.45, 2.75) is 46.1 Å². The predicted octanol–water partition coefficient (Wildman–Crippen LogP) is 3.85. The third-order valence-corrected chi connectivity index (χ3v) is 5.86. The lowest BCUT2D eigenvalue weighted by Gasteiger charge is -2.39. The molecular formula is C15H21FN2. The second-order valence-electron chi connectivity index (χ2n) is 6.68. The monoisotopic (exact) mass is 248 g/mol. The molecule has 98 valence electrons. The average molecular weight is 248 g/mol. The second kappa shape index (κ2) is 3.69. The average Bonchev–Trinajstić information content (AvgIpc) is 2.65. The van der Waals surface area contributed by atoms with Crippen molar-refractivity contribution in [3.8, 4) is 0 Å². The van der Waals surface area contributed by atoms with Gasteiger partial charge in [-0.25, -0.2) is 4.98 Å². The van der Waals surface area contributed by atoms with E-state index in [1.165, 1.54) is 25.3 Å². The molecule has 2 aliphatic carbocycles. The topological polar surface area (TPSA) is 24.9 Å². The number of hydrogen-bond acceptors (Lipinski definition) is 2. The molecule has 3 rings (SSSR count). The third kappa shape index (κ3) is 1.49. The van der Waals surface area contributed by atoms with Crippen LogP contribution in [0.2, 0.25) is 0 Å². The van der Waals surface area contributed by atoms with Gasteiger partial charge in [0.05, 0.1) is 11.9 Å². The molecule has 1 heterocycles. The van der Waals surface area contributed by atoms with E-state index in [-0.39, 0.29) is 0 Å². The van der Waals surface area contributed by atoms with Gasteiger partial charge in [0.2, 0.25) is 5.95 Å². The molecule has 0 saturated heterocycles. The van der Waals surface area contributed by atoms with E-state index in [1.807, 2.05) is 0 Å². The molecule has 0 spiro atoms. The van der Waals surface area contributed by atoms with E-state index in [1.54, 1.807) is 12.3 Å². The van der Waals surface area contributed by atoms with E-state index in [0.717, 1.165) is 11.6 Å². The number of nitrogens with zero attached hydrogens (tertiary/aromatic N) is 1. The van der Waals surface area contributed by atoms with E-state index in [9.17, 15) is 4.39 Å². The van der Waals surface area contributed by atoms with Gasteiger partial charge in [0, 0.05) is 6.04 Å². The van der Waals surface area contributed by atoms with Gasteiger partial charge >= 0.3 is 0 Å². The molecule has 2 fully saturated rings. The Morgan fingerprint density at radius 2 is 2.11 bits per heavy atom. The van der Waals surface area contributed by atoms with Crippen molar-refractivity contribution in [3.05, 3.63) is 24.3 Å². The number of aromatic nitrogens is 1. The summed E-state index contributed by atoms with van der Waals surface area (Å²) in [6, 6.07) is 3.69. The quantitative estimate of drug-likeness (QED) is 0.804. The van der Waals surface area contributed by atoms with Crippen LogP contribution in [0.4, 0.5) is 10.1 Å². The van der Waals surface area contributed by atoms with Crippen LogP contribution in [-0.4, -0.2) is 11.0 Å². The highest BCUT2D eigenvalue weighted by Gasteiger charge is 2.61. The molecule has 2 aliphatic rings. The zero-order chi connectivity index (χ0) is 13.0. The zero-order valence-electron chi connectivity index (χ0n) is 11.3. The van der Waals surface area contributed by atoms with Gasteiger partial charge in [0.15, 0.2) is 0 Å². The summed E-state index contributed by atoms with van der Waals surface area (Å²) in [5.41, 5.74) is 1.68. The maximum atomic E-state index is 12.8. The van der Waals surface area contributed by atoms with Crippen LogP contribution in [0.3, 0.4) is 0 Å². The first-order valence-corrected chi connectivity index (χ1v) is 6.81. The largest absolute Gasteiger partial charge is 0.380 e. The molecule has 3 unspecified atom stereocenters. The summed E-state index contributed by atoms with van der Waals surface area (Å²) in [5.74, 6) is 0.397. The van der Waals surface area contributed by atoms with Gasteiger partial charge in [-0.1, -0.05) is 20.8 Å². The van der Waals surface area contributed by atoms with Gasteiger partial charge in [-0.3, -0.25) is 0 Å². The van der Waals surface area contributed by atoms with E-state index >= 15 is 0 Å². The van der Waals surface area contributed by atoms with Crippen LogP contribution in [0.15, 0.2) is 18.3 Å². The molecule has 3 atom stereocenters. The minimum absolute atomic E-state index is 0.339. The maximum absolute atomic E-state index is 12.8. The Bertz CT molecular complexity index is 454. The molecule has 0 radical (unpaired) electrons. The third-order valence-electron chi connectivity index (χ3n) is 5.86. The molecule has 2 saturated carbocycles. The number of halogens is 1. The second-order valence-corrected chi connectivity index (χ2v) is 6.68. The van der Waals surface area contributed by atoms with Crippen molar-refractivity contribution < 1.29 is 4.39 Å². The first-order valence-electron chi connectivity index (χ1n) is 6.81. The smallest absolute Gasteiger partial charge is 0.212 e. The van der Waals surface area contributed by atoms with Crippen molar-refractivity contribution in [2.75, 3.05) is 5.32 Å². The van der Waals surface area contributed by atoms with Crippen molar-refractivity contribution in [3.63, 3.8) is 0 Å². The molecule has 3 heteroatoms. The first kappa shape index (κ1) is 11.9. The molecular weight excluding hydrogens is 227 g/mol. The van der Waals surface area contributed by atoms with Crippen LogP contribution in [0.25, 0.3) is 0 Å². The molecule has 18 heavy (non-hydrogen) atoms. The predicted molar refractivity (Wildman–Crippen MR) is 70.8 cm³/mol. The van der Waals surface area contributed by atoms with E-state index in [2.05, 4.69) is 31.1 Å². The molecule has 1 aromatic rings. The van der Waals surface area contributed by atoms with E-state index < -0.39 is 5.95 Å². The van der Waals surface area contributed by atoms with Gasteiger partial charge < -0.3 is 5.32 Å². The molecule has 0 amide bonds. The Kier molecular flexibility index (Phi) is 2.45. The number of hydrogen-bond donors (Lipinski definition) is 1. The SMILES string of the molecule is CC1(C)C2CCC1(C)C(Nc1ccc(F)nc1)C2. The number of pyridine rings is 1. The van der Waals surface area contributed by atoms with Crippen LogP contribution in [0.5, 0.6) is 0 Å². The Morgan fingerprint density at radius 1 is 1.33 bits per heavy atom. The highest BCUT2D eigenvalue weighted by atomic mass is 19.1. The minimum Gasteiger partial charge on any atom is -0.380 e. The summed E-state index contributed by atoms with van der Waals surface area (Å²) < 4.78 is 12.8. The molecule has 1 aromatic heterocycles. The number of rotatable bonds is 2. The highest BCUT2D eigenvalue weighted by molar-refractivity contribution is 5.42. The fraction of sp³-hybridized carbons (Fsp3) is 0.667. The Balaban J connectivity index is 1.81. The minimum atomic E-state index is -0.417. The molecule has 0 aliphatic heterocycles. The van der Waals surface area contributed by atoms with Gasteiger partial charge in [0.25, 0.3) is 0 Å². The molecule has 2 nitrogen and oxygen atoms in total. The van der Waals surface area contributed by atoms with Crippen LogP contribution in [0.1, 0.15) is 40.0 Å². The summed E-state index contributed by atoms with van der Waals surface area (Å²) >= 11 is 0. The van der Waals surface area contributed by atoms with Crippen molar-refractivity contribution in [1.29, 1.82) is 0 Å². The summed E-state index contributed by atoms with van der Waals surface area (Å²) in [6.07, 6.45) is 5.46. The van der Waals surface area contributed by atoms with Gasteiger partial charge in [0.1, 0.15) is 0 Å². The number of anilines is 1. The molecule has 1 N–H and O–H groups in total. The fourth-order valence-electron chi connectivity index (χ4n) is 4.08. The van der Waals surface area contributed by atoms with Crippen molar-refractivity contribution >= 4 is 5.69 Å². The van der Waals surface area contributed by atoms with Crippen molar-refractivity contribution in [1.82, 2.24) is 4.98 Å². The standard InChI is InChI=1S/C15H21FN2/c1-14(2)10-6-7-15(14,3)12(8-10)18-11-4-5-13(16)17-9-11/h4-5,9-10,12,18H,6-8H2,1-3H3. The molecule has 0 aromatic carbocycles. The van der Waals surface area contributed by atoms with Gasteiger partial charge in [-0.15, -0.1) is 0 Å². The van der Waals surface area contributed by atoms with E-state index in [4.69, 9.17) is 0 Å². The summed E-state index contributed by atoms with van der Waals surface area (Å²) in [7, 11) is 0. The molecule has 2 bridgehead atoms. The summed E-state index contributed by atoms with van der Waals surface area (Å²) in [6.45, 7) is 7.19. The normalized spacial score (nSPS) is 36.9. The van der Waals surface area contributed by atoms with Crippen molar-refractivity contribution in [2.24, 2.45) is 16.7 Å². The summed E-state index contributed by atoms with van der Waals surface area (Å²) in [5, 5.41) is 3.57. The Morgan fingerprint density at radius 3 is 2.61 bits per heavy atom. The lowest BCUT2D eigenvalue weighted by Crippen LogP contribution is -2.40. The Labute approximate surface area is 108 Å². The van der Waals surface area contributed by atoms with Crippen LogP contribution < -0.4 is 5.32 Å². The Hall–Kier alpha value is -1.12. The zero-order valence-corrected chi connectivity index (χ0v) is 11.3. The summed E-state index contributed by atoms with van der Waals surface area (Å²) in [4.78, 5) is 3.71. The number of fused-ring (bicyclic) bond motifs is 2.